The fourth-order valence-electron chi connectivity index (χ4n) is 3.08. The van der Waals surface area contributed by atoms with Gasteiger partial charge in [-0.05, 0) is 44.0 Å². The number of aldehydes is 1. The molecule has 0 aliphatic rings. The molecule has 0 spiro atoms. The Morgan fingerprint density at radius 3 is 2.22 bits per heavy atom. The van der Waals surface area contributed by atoms with Gasteiger partial charge in [-0.1, -0.05) is 29.8 Å². The summed E-state index contributed by atoms with van der Waals surface area (Å²) in [6.45, 7) is 5.54. The first-order valence-corrected chi connectivity index (χ1v) is 8.68. The van der Waals surface area contributed by atoms with Crippen LogP contribution in [0.4, 0.5) is 0 Å². The average molecular weight is 327 g/mol. The Balaban J connectivity index is 2.31. The molecular formula is C18H17NO3S. The maximum absolute atomic E-state index is 13.1. The first kappa shape index (κ1) is 15.5. The molecule has 0 bridgehead atoms. The second kappa shape index (κ2) is 5.35. The molecule has 1 aromatic heterocycles. The zero-order valence-corrected chi connectivity index (χ0v) is 14.0. The quantitative estimate of drug-likeness (QED) is 0.690. The van der Waals surface area contributed by atoms with E-state index in [1.54, 1.807) is 38.1 Å². The summed E-state index contributed by atoms with van der Waals surface area (Å²) in [5.74, 6) is 0. The van der Waals surface area contributed by atoms with E-state index in [2.05, 4.69) is 0 Å². The molecule has 0 unspecified atom stereocenters. The number of hydrogen-bond acceptors (Lipinski definition) is 3. The third kappa shape index (κ3) is 2.47. The van der Waals surface area contributed by atoms with E-state index in [1.807, 2.05) is 19.1 Å². The second-order valence-corrected chi connectivity index (χ2v) is 7.53. The lowest BCUT2D eigenvalue weighted by Gasteiger charge is -2.14. The topological polar surface area (TPSA) is 56.1 Å². The predicted octanol–water partition coefficient (Wildman–Crippen LogP) is 3.62. The number of nitrogens with zero attached hydrogens (tertiary/aromatic N) is 1. The minimum absolute atomic E-state index is 0.317. The monoisotopic (exact) mass is 327 g/mol. The van der Waals surface area contributed by atoms with Crippen LogP contribution in [0.3, 0.4) is 0 Å². The Bertz CT molecular complexity index is 1010. The maximum atomic E-state index is 13.1. The van der Waals surface area contributed by atoms with Gasteiger partial charge in [-0.25, -0.2) is 12.4 Å². The number of fused-ring (bicyclic) bond motifs is 1. The van der Waals surface area contributed by atoms with Crippen LogP contribution in [0.15, 0.2) is 47.5 Å². The van der Waals surface area contributed by atoms with Crippen LogP contribution in [0.25, 0.3) is 10.9 Å². The molecule has 0 radical (unpaired) electrons. The number of benzene rings is 2. The van der Waals surface area contributed by atoms with Gasteiger partial charge in [-0.15, -0.1) is 0 Å². The van der Waals surface area contributed by atoms with Crippen LogP contribution >= 0.6 is 0 Å². The van der Waals surface area contributed by atoms with E-state index in [-0.39, 0.29) is 0 Å². The maximum Gasteiger partial charge on any atom is 0.268 e. The van der Waals surface area contributed by atoms with Crippen LogP contribution in [0.2, 0.25) is 0 Å². The largest absolute Gasteiger partial charge is 0.298 e. The van der Waals surface area contributed by atoms with Crippen molar-refractivity contribution in [1.29, 1.82) is 0 Å². The normalized spacial score (nSPS) is 11.8. The van der Waals surface area contributed by atoms with Crippen molar-refractivity contribution < 1.29 is 13.2 Å². The van der Waals surface area contributed by atoms with E-state index in [9.17, 15) is 13.2 Å². The molecule has 3 rings (SSSR count). The van der Waals surface area contributed by atoms with Crippen LogP contribution in [0, 0.1) is 20.8 Å². The second-order valence-electron chi connectivity index (χ2n) is 5.78. The highest BCUT2D eigenvalue weighted by Gasteiger charge is 2.23. The standard InChI is InChI=1S/C18H17NO3S/c1-12-8-13(2)18(14(3)9-12)23(21,22)19-7-6-16-5-4-15(11-20)10-17(16)19/h4-11H,1-3H3. The molecule has 0 amide bonds. The van der Waals surface area contributed by atoms with Gasteiger partial charge in [0.2, 0.25) is 0 Å². The summed E-state index contributed by atoms with van der Waals surface area (Å²) < 4.78 is 27.5. The van der Waals surface area contributed by atoms with E-state index >= 15 is 0 Å². The zero-order chi connectivity index (χ0) is 16.8. The molecule has 4 nitrogen and oxygen atoms in total. The molecule has 0 saturated heterocycles. The Morgan fingerprint density at radius 2 is 1.61 bits per heavy atom. The first-order chi connectivity index (χ1) is 10.8. The molecule has 0 N–H and O–H groups in total. The van der Waals surface area contributed by atoms with Gasteiger partial charge in [0.1, 0.15) is 6.29 Å². The SMILES string of the molecule is Cc1cc(C)c(S(=O)(=O)n2ccc3ccc(C=O)cc32)c(C)c1. The van der Waals surface area contributed by atoms with Crippen LogP contribution in [-0.4, -0.2) is 18.7 Å². The minimum atomic E-state index is -3.72. The number of aromatic nitrogens is 1. The van der Waals surface area contributed by atoms with Gasteiger partial charge in [0.05, 0.1) is 10.4 Å². The highest BCUT2D eigenvalue weighted by Crippen LogP contribution is 2.27. The smallest absolute Gasteiger partial charge is 0.268 e. The summed E-state index contributed by atoms with van der Waals surface area (Å²) in [5.41, 5.74) is 3.42. The molecule has 5 heteroatoms. The van der Waals surface area contributed by atoms with Crippen molar-refractivity contribution in [3.63, 3.8) is 0 Å². The van der Waals surface area contributed by atoms with E-state index < -0.39 is 10.0 Å². The molecule has 0 aliphatic heterocycles. The number of aryl methyl sites for hydroxylation is 3. The van der Waals surface area contributed by atoms with Gasteiger partial charge in [0, 0.05) is 17.1 Å². The van der Waals surface area contributed by atoms with Crippen molar-refractivity contribution in [1.82, 2.24) is 3.97 Å². The molecule has 0 aliphatic carbocycles. The highest BCUT2D eigenvalue weighted by atomic mass is 32.2. The lowest BCUT2D eigenvalue weighted by molar-refractivity contribution is 0.112. The van der Waals surface area contributed by atoms with Crippen LogP contribution in [-0.2, 0) is 10.0 Å². The van der Waals surface area contributed by atoms with Gasteiger partial charge in [-0.3, -0.25) is 4.79 Å². The third-order valence-electron chi connectivity index (χ3n) is 3.94. The number of carbonyl (C=O) groups excluding carboxylic acids is 1. The van der Waals surface area contributed by atoms with E-state index in [1.165, 1.54) is 10.2 Å². The average Bonchev–Trinajstić information content (AvgIpc) is 2.89. The lowest BCUT2D eigenvalue weighted by Crippen LogP contribution is -2.15. The molecule has 0 atom stereocenters. The fraction of sp³-hybridized carbons (Fsp3) is 0.167. The summed E-state index contributed by atoms with van der Waals surface area (Å²) in [6.07, 6.45) is 2.25. The minimum Gasteiger partial charge on any atom is -0.298 e. The number of hydrogen-bond donors (Lipinski definition) is 0. The molecule has 2 aromatic carbocycles. The van der Waals surface area contributed by atoms with Crippen molar-refractivity contribution in [3.8, 4) is 0 Å². The Kier molecular flexibility index (Phi) is 3.60. The van der Waals surface area contributed by atoms with Gasteiger partial charge in [0.15, 0.2) is 0 Å². The van der Waals surface area contributed by atoms with Gasteiger partial charge < -0.3 is 0 Å². The van der Waals surface area contributed by atoms with E-state index in [0.717, 1.165) is 22.1 Å². The predicted molar refractivity (Wildman–Crippen MR) is 90.6 cm³/mol. The fourth-order valence-corrected chi connectivity index (χ4v) is 4.84. The Morgan fingerprint density at radius 1 is 0.957 bits per heavy atom. The Hall–Kier alpha value is -2.40. The molecule has 118 valence electrons. The summed E-state index contributed by atoms with van der Waals surface area (Å²) >= 11 is 0. The van der Waals surface area contributed by atoms with Gasteiger partial charge in [0.25, 0.3) is 10.0 Å². The molecule has 0 fully saturated rings. The van der Waals surface area contributed by atoms with Crippen molar-refractivity contribution >= 4 is 27.2 Å². The van der Waals surface area contributed by atoms with E-state index in [0.29, 0.717) is 22.3 Å². The highest BCUT2D eigenvalue weighted by molar-refractivity contribution is 7.90. The van der Waals surface area contributed by atoms with Crippen molar-refractivity contribution in [2.24, 2.45) is 0 Å². The zero-order valence-electron chi connectivity index (χ0n) is 13.2. The van der Waals surface area contributed by atoms with E-state index in [4.69, 9.17) is 0 Å². The van der Waals surface area contributed by atoms with Gasteiger partial charge in [-0.2, -0.15) is 0 Å². The third-order valence-corrected chi connectivity index (χ3v) is 5.94. The summed E-state index contributed by atoms with van der Waals surface area (Å²) in [6, 6.07) is 10.5. The van der Waals surface area contributed by atoms with Crippen LogP contribution < -0.4 is 0 Å². The molecule has 3 aromatic rings. The van der Waals surface area contributed by atoms with Crippen molar-refractivity contribution in [2.75, 3.05) is 0 Å². The molecular weight excluding hydrogens is 310 g/mol. The Labute approximate surface area is 135 Å². The van der Waals surface area contributed by atoms with Crippen molar-refractivity contribution in [2.45, 2.75) is 25.7 Å². The van der Waals surface area contributed by atoms with Gasteiger partial charge >= 0.3 is 0 Å². The summed E-state index contributed by atoms with van der Waals surface area (Å²) in [7, 11) is -3.72. The first-order valence-electron chi connectivity index (χ1n) is 7.24. The van der Waals surface area contributed by atoms with Crippen LogP contribution in [0.5, 0.6) is 0 Å². The lowest BCUT2D eigenvalue weighted by atomic mass is 10.1. The summed E-state index contributed by atoms with van der Waals surface area (Å²) in [4.78, 5) is 11.3. The molecule has 23 heavy (non-hydrogen) atoms. The van der Waals surface area contributed by atoms with Crippen molar-refractivity contribution in [3.05, 3.63) is 64.8 Å². The van der Waals surface area contributed by atoms with Crippen LogP contribution in [0.1, 0.15) is 27.0 Å². The summed E-state index contributed by atoms with van der Waals surface area (Å²) in [5, 5.41) is 0.779. The number of rotatable bonds is 3. The molecule has 0 saturated carbocycles. The molecule has 1 heterocycles. The number of carbonyl (C=O) groups is 1.